The molecule has 0 aromatic heterocycles. The third kappa shape index (κ3) is 3.74. The van der Waals surface area contributed by atoms with Gasteiger partial charge in [0.1, 0.15) is 6.10 Å². The highest BCUT2D eigenvalue weighted by Crippen LogP contribution is 2.16. The molecular weight excluding hydrogens is 228 g/mol. The number of piperidine rings is 1. The highest BCUT2D eigenvalue weighted by atomic mass is 16.6. The predicted octanol–water partition coefficient (Wildman–Crippen LogP) is 2.01. The van der Waals surface area contributed by atoms with Gasteiger partial charge in [0.15, 0.2) is 0 Å². The van der Waals surface area contributed by atoms with Gasteiger partial charge in [-0.2, -0.15) is 0 Å². The Kier molecular flexibility index (Phi) is 4.59. The molecule has 0 atom stereocenters. The van der Waals surface area contributed by atoms with Crippen LogP contribution in [0.2, 0.25) is 0 Å². The Morgan fingerprint density at radius 3 is 2.61 bits per heavy atom. The van der Waals surface area contributed by atoms with Crippen molar-refractivity contribution in [3.8, 4) is 0 Å². The van der Waals surface area contributed by atoms with E-state index in [9.17, 15) is 4.79 Å². The van der Waals surface area contributed by atoms with Crippen LogP contribution in [0.15, 0.2) is 30.3 Å². The Bertz CT molecular complexity index is 373. The number of likely N-dealkylation sites (tertiary alicyclic amines) is 1. The summed E-state index contributed by atoms with van der Waals surface area (Å²) in [4.78, 5) is 13.5. The Labute approximate surface area is 108 Å². The summed E-state index contributed by atoms with van der Waals surface area (Å²) in [7, 11) is 1.59. The van der Waals surface area contributed by atoms with Gasteiger partial charge in [-0.1, -0.05) is 30.3 Å². The zero-order chi connectivity index (χ0) is 12.8. The van der Waals surface area contributed by atoms with Gasteiger partial charge in [0.2, 0.25) is 0 Å². The number of amides is 1. The second kappa shape index (κ2) is 6.40. The lowest BCUT2D eigenvalue weighted by atomic mass is 10.1. The van der Waals surface area contributed by atoms with E-state index in [4.69, 9.17) is 4.74 Å². The van der Waals surface area contributed by atoms with Gasteiger partial charge in [-0.3, -0.25) is 4.90 Å². The average molecular weight is 248 g/mol. The molecule has 18 heavy (non-hydrogen) atoms. The first kappa shape index (κ1) is 12.9. The lowest BCUT2D eigenvalue weighted by Crippen LogP contribution is -2.38. The van der Waals surface area contributed by atoms with E-state index in [1.165, 1.54) is 5.56 Å². The van der Waals surface area contributed by atoms with Crippen molar-refractivity contribution in [3.05, 3.63) is 35.9 Å². The molecule has 1 aliphatic heterocycles. The van der Waals surface area contributed by atoms with Gasteiger partial charge < -0.3 is 10.1 Å². The number of ether oxygens (including phenoxy) is 1. The summed E-state index contributed by atoms with van der Waals surface area (Å²) < 4.78 is 5.26. The van der Waals surface area contributed by atoms with E-state index in [2.05, 4.69) is 34.5 Å². The van der Waals surface area contributed by atoms with Crippen LogP contribution in [-0.2, 0) is 11.3 Å². The normalized spacial score (nSPS) is 17.4. The number of carbonyl (C=O) groups is 1. The maximum Gasteiger partial charge on any atom is 0.407 e. The number of carbonyl (C=O) groups excluding carboxylic acids is 1. The van der Waals surface area contributed by atoms with E-state index in [0.717, 1.165) is 32.5 Å². The molecule has 0 spiro atoms. The molecule has 0 aliphatic carbocycles. The van der Waals surface area contributed by atoms with Crippen LogP contribution < -0.4 is 5.32 Å². The van der Waals surface area contributed by atoms with E-state index in [1.807, 2.05) is 6.07 Å². The summed E-state index contributed by atoms with van der Waals surface area (Å²) in [5.41, 5.74) is 1.34. The molecule has 1 aliphatic rings. The molecule has 1 aromatic rings. The van der Waals surface area contributed by atoms with Gasteiger partial charge in [0.05, 0.1) is 0 Å². The first-order valence-corrected chi connectivity index (χ1v) is 6.42. The van der Waals surface area contributed by atoms with Crippen LogP contribution in [0.3, 0.4) is 0 Å². The predicted molar refractivity (Wildman–Crippen MR) is 70.3 cm³/mol. The third-order valence-corrected chi connectivity index (χ3v) is 3.26. The summed E-state index contributed by atoms with van der Waals surface area (Å²) in [6.45, 7) is 2.95. The molecule has 4 nitrogen and oxygen atoms in total. The second-order valence-electron chi connectivity index (χ2n) is 4.62. The van der Waals surface area contributed by atoms with E-state index in [0.29, 0.717) is 0 Å². The Morgan fingerprint density at radius 1 is 1.33 bits per heavy atom. The van der Waals surface area contributed by atoms with Gasteiger partial charge in [-0.25, -0.2) is 4.79 Å². The number of hydrogen-bond donors (Lipinski definition) is 1. The lowest BCUT2D eigenvalue weighted by molar-refractivity contribution is 0.0498. The first-order chi connectivity index (χ1) is 8.78. The summed E-state index contributed by atoms with van der Waals surface area (Å²) in [6, 6.07) is 10.5. The van der Waals surface area contributed by atoms with Gasteiger partial charge in [0, 0.05) is 26.7 Å². The van der Waals surface area contributed by atoms with Crippen molar-refractivity contribution < 1.29 is 9.53 Å². The number of rotatable bonds is 3. The highest BCUT2D eigenvalue weighted by Gasteiger charge is 2.21. The smallest absolute Gasteiger partial charge is 0.407 e. The van der Waals surface area contributed by atoms with Crippen molar-refractivity contribution in [2.24, 2.45) is 0 Å². The van der Waals surface area contributed by atoms with Gasteiger partial charge >= 0.3 is 6.09 Å². The minimum Gasteiger partial charge on any atom is -0.446 e. The number of nitrogens with one attached hydrogen (secondary N) is 1. The molecule has 0 unspecified atom stereocenters. The van der Waals surface area contributed by atoms with E-state index < -0.39 is 0 Å². The van der Waals surface area contributed by atoms with Crippen LogP contribution >= 0.6 is 0 Å². The maximum absolute atomic E-state index is 11.1. The minimum absolute atomic E-state index is 0.0666. The fraction of sp³-hybridized carbons (Fsp3) is 0.500. The lowest BCUT2D eigenvalue weighted by Gasteiger charge is -2.31. The van der Waals surface area contributed by atoms with Gasteiger partial charge in [0.25, 0.3) is 0 Å². The monoisotopic (exact) mass is 248 g/mol. The Morgan fingerprint density at radius 2 is 2.00 bits per heavy atom. The summed E-state index contributed by atoms with van der Waals surface area (Å²) in [5, 5.41) is 2.49. The van der Waals surface area contributed by atoms with Crippen LogP contribution in [0.4, 0.5) is 4.79 Å². The molecule has 1 amide bonds. The van der Waals surface area contributed by atoms with E-state index in [1.54, 1.807) is 7.05 Å². The van der Waals surface area contributed by atoms with Crippen molar-refractivity contribution in [3.63, 3.8) is 0 Å². The molecule has 1 aromatic carbocycles. The topological polar surface area (TPSA) is 41.6 Å². The molecule has 1 fully saturated rings. The molecule has 1 heterocycles. The fourth-order valence-electron chi connectivity index (χ4n) is 2.24. The van der Waals surface area contributed by atoms with Gasteiger partial charge in [-0.05, 0) is 18.4 Å². The molecule has 4 heteroatoms. The zero-order valence-corrected chi connectivity index (χ0v) is 10.8. The molecule has 98 valence electrons. The molecule has 0 bridgehead atoms. The second-order valence-corrected chi connectivity index (χ2v) is 4.62. The molecule has 0 radical (unpaired) electrons. The summed E-state index contributed by atoms with van der Waals surface area (Å²) in [5.74, 6) is 0. The SMILES string of the molecule is CNC(=O)OC1CCN(Cc2ccccc2)CC1. The third-order valence-electron chi connectivity index (χ3n) is 3.26. The van der Waals surface area contributed by atoms with Crippen molar-refractivity contribution >= 4 is 6.09 Å². The van der Waals surface area contributed by atoms with Gasteiger partial charge in [-0.15, -0.1) is 0 Å². The molecule has 1 saturated heterocycles. The zero-order valence-electron chi connectivity index (χ0n) is 10.8. The summed E-state index contributed by atoms with van der Waals surface area (Å²) in [6.07, 6.45) is 1.58. The summed E-state index contributed by atoms with van der Waals surface area (Å²) >= 11 is 0. The van der Waals surface area contributed by atoms with E-state index >= 15 is 0 Å². The van der Waals surface area contributed by atoms with Crippen LogP contribution in [0.5, 0.6) is 0 Å². The largest absolute Gasteiger partial charge is 0.446 e. The van der Waals surface area contributed by atoms with Crippen molar-refractivity contribution in [1.82, 2.24) is 10.2 Å². The van der Waals surface area contributed by atoms with Crippen molar-refractivity contribution in [2.45, 2.75) is 25.5 Å². The van der Waals surface area contributed by atoms with Crippen LogP contribution in [-0.4, -0.2) is 37.2 Å². The minimum atomic E-state index is -0.323. The average Bonchev–Trinajstić information content (AvgIpc) is 2.42. The highest BCUT2D eigenvalue weighted by molar-refractivity contribution is 5.66. The molecule has 1 N–H and O–H groups in total. The number of nitrogens with zero attached hydrogens (tertiary/aromatic N) is 1. The van der Waals surface area contributed by atoms with Crippen molar-refractivity contribution in [1.29, 1.82) is 0 Å². The van der Waals surface area contributed by atoms with E-state index in [-0.39, 0.29) is 12.2 Å². The Balaban J connectivity index is 1.75. The quantitative estimate of drug-likeness (QED) is 0.889. The molecule has 0 saturated carbocycles. The first-order valence-electron chi connectivity index (χ1n) is 6.42. The molecular formula is C14H20N2O2. The Hall–Kier alpha value is -1.55. The molecule has 2 rings (SSSR count). The van der Waals surface area contributed by atoms with Crippen LogP contribution in [0.1, 0.15) is 18.4 Å². The number of benzene rings is 1. The van der Waals surface area contributed by atoms with Crippen LogP contribution in [0, 0.1) is 0 Å². The standard InChI is InChI=1S/C14H20N2O2/c1-15-14(17)18-13-7-9-16(10-8-13)11-12-5-3-2-4-6-12/h2-6,13H,7-11H2,1H3,(H,15,17). The van der Waals surface area contributed by atoms with Crippen molar-refractivity contribution in [2.75, 3.05) is 20.1 Å². The fourth-order valence-corrected chi connectivity index (χ4v) is 2.24. The van der Waals surface area contributed by atoms with Crippen LogP contribution in [0.25, 0.3) is 0 Å². The number of hydrogen-bond acceptors (Lipinski definition) is 3. The maximum atomic E-state index is 11.1. The number of alkyl carbamates (subject to hydrolysis) is 1.